The van der Waals surface area contributed by atoms with E-state index in [1.54, 1.807) is 65.8 Å². The van der Waals surface area contributed by atoms with E-state index < -0.39 is 17.8 Å². The van der Waals surface area contributed by atoms with Crippen LogP contribution in [0.4, 0.5) is 9.52 Å². The lowest BCUT2D eigenvalue weighted by atomic mass is 9.96. The normalized spacial score (nSPS) is 11.2. The molecule has 0 fully saturated rings. The van der Waals surface area contributed by atoms with Crippen LogP contribution in [0.25, 0.3) is 32.5 Å². The third kappa shape index (κ3) is 12.2. The highest BCUT2D eigenvalue weighted by atomic mass is 32.1. The standard InChI is InChI=1S/C49H50FN3O6S/c1-3-5-13-35-16-18-36(19-17-35)38-22-26-43(44(50)33-38)42-27-25-41(32-39(42)34-51-53(28-12-29-54)49-52-45-14-8-9-15-46(45)60-49)59-48(56)37-20-23-40(24-21-37)57-30-10-6-7-11-31-58-47(55)4-2/h4,8-9,14-27,32-34,54H,2-3,5-7,10-13,28-31H2,1H3/b51-34+. The Morgan fingerprint density at radius 3 is 2.30 bits per heavy atom. The van der Waals surface area contributed by atoms with Gasteiger partial charge in [0.1, 0.15) is 17.3 Å². The number of aliphatic hydroxyl groups excluding tert-OH is 1. The van der Waals surface area contributed by atoms with Crippen molar-refractivity contribution in [1.82, 2.24) is 4.98 Å². The van der Waals surface area contributed by atoms with Gasteiger partial charge in [0.25, 0.3) is 0 Å². The number of thiazole rings is 1. The van der Waals surface area contributed by atoms with Crippen LogP contribution >= 0.6 is 11.3 Å². The summed E-state index contributed by atoms with van der Waals surface area (Å²) < 4.78 is 33.8. The van der Waals surface area contributed by atoms with Crippen LogP contribution in [0.5, 0.6) is 11.5 Å². The van der Waals surface area contributed by atoms with Gasteiger partial charge in [0.2, 0.25) is 5.13 Å². The topological polar surface area (TPSA) is 111 Å². The van der Waals surface area contributed by atoms with Gasteiger partial charge >= 0.3 is 11.9 Å². The molecule has 5 aromatic carbocycles. The van der Waals surface area contributed by atoms with Crippen molar-refractivity contribution in [3.63, 3.8) is 0 Å². The molecule has 0 spiro atoms. The molecule has 0 bridgehead atoms. The van der Waals surface area contributed by atoms with Crippen LogP contribution in [0.15, 0.2) is 127 Å². The summed E-state index contributed by atoms with van der Waals surface area (Å²) in [6.07, 6.45) is 9.93. The quantitative estimate of drug-likeness (QED) is 0.0180. The number of benzene rings is 5. The van der Waals surface area contributed by atoms with E-state index in [4.69, 9.17) is 24.3 Å². The fraction of sp³-hybridized carbons (Fsp3) is 0.265. The number of ether oxygens (including phenoxy) is 3. The Morgan fingerprint density at radius 2 is 1.57 bits per heavy atom. The molecule has 0 aliphatic carbocycles. The van der Waals surface area contributed by atoms with Crippen molar-refractivity contribution in [2.75, 3.05) is 31.4 Å². The zero-order chi connectivity index (χ0) is 42.1. The molecule has 0 aliphatic heterocycles. The lowest BCUT2D eigenvalue weighted by Gasteiger charge is -2.16. The lowest BCUT2D eigenvalue weighted by molar-refractivity contribution is -0.137. The van der Waals surface area contributed by atoms with Gasteiger partial charge in [-0.05, 0) is 128 Å². The monoisotopic (exact) mass is 827 g/mol. The summed E-state index contributed by atoms with van der Waals surface area (Å²) >= 11 is 1.48. The van der Waals surface area contributed by atoms with Crippen molar-refractivity contribution in [3.05, 3.63) is 144 Å². The van der Waals surface area contributed by atoms with E-state index in [0.717, 1.165) is 72.4 Å². The Bertz CT molecular complexity index is 2350. The fourth-order valence-electron chi connectivity index (χ4n) is 6.47. The molecule has 60 heavy (non-hydrogen) atoms. The number of aryl methyl sites for hydroxylation is 1. The first kappa shape index (κ1) is 43.4. The van der Waals surface area contributed by atoms with E-state index in [-0.39, 0.29) is 12.4 Å². The summed E-state index contributed by atoms with van der Waals surface area (Å²) in [7, 11) is 0. The van der Waals surface area contributed by atoms with Gasteiger partial charge in [0.15, 0.2) is 0 Å². The number of carbonyl (C=O) groups is 2. The van der Waals surface area contributed by atoms with Crippen LogP contribution in [-0.2, 0) is 16.0 Å². The third-order valence-electron chi connectivity index (χ3n) is 9.78. The second kappa shape index (κ2) is 22.3. The molecule has 0 unspecified atom stereocenters. The summed E-state index contributed by atoms with van der Waals surface area (Å²) in [5.41, 5.74) is 5.57. The third-order valence-corrected chi connectivity index (χ3v) is 10.8. The van der Waals surface area contributed by atoms with Crippen LogP contribution in [0.3, 0.4) is 0 Å². The molecular formula is C49H50FN3O6S. The number of nitrogens with zero attached hydrogens (tertiary/aromatic N) is 3. The lowest BCUT2D eigenvalue weighted by Crippen LogP contribution is -2.19. The highest BCUT2D eigenvalue weighted by Crippen LogP contribution is 2.33. The second-order valence-electron chi connectivity index (χ2n) is 14.2. The van der Waals surface area contributed by atoms with Crippen molar-refractivity contribution in [1.29, 1.82) is 0 Å². The Balaban J connectivity index is 1.20. The van der Waals surface area contributed by atoms with Gasteiger partial charge in [-0.25, -0.2) is 24.0 Å². The van der Waals surface area contributed by atoms with Gasteiger partial charge in [-0.1, -0.05) is 79.8 Å². The summed E-state index contributed by atoms with van der Waals surface area (Å²) in [5.74, 6) is -0.494. The summed E-state index contributed by atoms with van der Waals surface area (Å²) in [6, 6.07) is 33.1. The molecule has 1 heterocycles. The number of rotatable bonds is 22. The molecule has 9 nitrogen and oxygen atoms in total. The number of anilines is 1. The smallest absolute Gasteiger partial charge is 0.343 e. The van der Waals surface area contributed by atoms with Crippen LogP contribution in [0.1, 0.15) is 73.4 Å². The first-order valence-corrected chi connectivity index (χ1v) is 21.2. The number of hydrogen-bond donors (Lipinski definition) is 1. The Morgan fingerprint density at radius 1 is 0.833 bits per heavy atom. The number of aliphatic hydroxyl groups is 1. The van der Waals surface area contributed by atoms with E-state index in [0.29, 0.717) is 59.3 Å². The van der Waals surface area contributed by atoms with Gasteiger partial charge < -0.3 is 19.3 Å². The average Bonchev–Trinajstić information content (AvgIpc) is 3.71. The molecule has 0 saturated carbocycles. The number of para-hydroxylation sites is 1. The molecule has 0 saturated heterocycles. The molecule has 0 aliphatic rings. The molecule has 310 valence electrons. The molecule has 1 aromatic heterocycles. The van der Waals surface area contributed by atoms with Crippen molar-refractivity contribution in [3.8, 4) is 33.8 Å². The number of hydrogen-bond acceptors (Lipinski definition) is 10. The number of unbranched alkanes of at least 4 members (excludes halogenated alkanes) is 4. The first-order chi connectivity index (χ1) is 29.3. The van der Waals surface area contributed by atoms with E-state index in [1.807, 2.05) is 42.5 Å². The van der Waals surface area contributed by atoms with E-state index >= 15 is 4.39 Å². The number of carbonyl (C=O) groups excluding carboxylic acids is 2. The minimum atomic E-state index is -0.565. The Hall–Kier alpha value is -6.17. The summed E-state index contributed by atoms with van der Waals surface area (Å²) in [6.45, 7) is 6.81. The summed E-state index contributed by atoms with van der Waals surface area (Å²) in [4.78, 5) is 29.3. The molecule has 0 amide bonds. The van der Waals surface area contributed by atoms with E-state index in [2.05, 4.69) is 25.6 Å². The number of esters is 2. The molecule has 1 N–H and O–H groups in total. The van der Waals surface area contributed by atoms with Gasteiger partial charge in [0.05, 0.1) is 35.2 Å². The minimum Gasteiger partial charge on any atom is -0.494 e. The maximum Gasteiger partial charge on any atom is 0.343 e. The number of hydrazone groups is 1. The number of halogens is 1. The van der Waals surface area contributed by atoms with E-state index in [9.17, 15) is 14.7 Å². The van der Waals surface area contributed by atoms with Crippen molar-refractivity contribution in [2.24, 2.45) is 5.10 Å². The average molecular weight is 828 g/mol. The predicted octanol–water partition coefficient (Wildman–Crippen LogP) is 11.2. The molecule has 0 radical (unpaired) electrons. The highest BCUT2D eigenvalue weighted by molar-refractivity contribution is 7.22. The Kier molecular flexibility index (Phi) is 16.1. The van der Waals surface area contributed by atoms with Crippen molar-refractivity contribution in [2.45, 2.75) is 58.3 Å². The Labute approximate surface area is 354 Å². The molecule has 0 atom stereocenters. The largest absolute Gasteiger partial charge is 0.494 e. The fourth-order valence-corrected chi connectivity index (χ4v) is 7.42. The van der Waals surface area contributed by atoms with Crippen LogP contribution < -0.4 is 14.5 Å². The van der Waals surface area contributed by atoms with Crippen LogP contribution in [0.2, 0.25) is 0 Å². The van der Waals surface area contributed by atoms with Crippen LogP contribution in [0, 0.1) is 5.82 Å². The van der Waals surface area contributed by atoms with Crippen molar-refractivity contribution < 1.29 is 33.3 Å². The minimum absolute atomic E-state index is 0.0300. The van der Waals surface area contributed by atoms with Gasteiger partial charge in [-0.2, -0.15) is 5.10 Å². The van der Waals surface area contributed by atoms with E-state index in [1.165, 1.54) is 16.9 Å². The number of fused-ring (bicyclic) bond motifs is 1. The predicted molar refractivity (Wildman–Crippen MR) is 239 cm³/mol. The number of aromatic nitrogens is 1. The van der Waals surface area contributed by atoms with Crippen molar-refractivity contribution >= 4 is 44.8 Å². The zero-order valence-electron chi connectivity index (χ0n) is 33.9. The molecular weight excluding hydrogens is 778 g/mol. The molecule has 6 rings (SSSR count). The second-order valence-corrected chi connectivity index (χ2v) is 15.2. The SMILES string of the molecule is C=CC(=O)OCCCCCCOc1ccc(C(=O)Oc2ccc(-c3ccc(-c4ccc(CCCC)cc4)cc3F)c(/C=N/N(CCCO)c3nc4ccccc4s3)c2)cc1. The zero-order valence-corrected chi connectivity index (χ0v) is 34.7. The molecule has 6 aromatic rings. The van der Waals surface area contributed by atoms with Crippen LogP contribution in [-0.4, -0.2) is 54.6 Å². The van der Waals surface area contributed by atoms with Gasteiger partial charge in [0, 0.05) is 30.4 Å². The highest BCUT2D eigenvalue weighted by Gasteiger charge is 2.17. The maximum atomic E-state index is 16.2. The van der Waals surface area contributed by atoms with Gasteiger partial charge in [-0.3, -0.25) is 0 Å². The first-order valence-electron chi connectivity index (χ1n) is 20.4. The summed E-state index contributed by atoms with van der Waals surface area (Å²) in [5, 5.41) is 16.9. The molecule has 11 heteroatoms. The maximum absolute atomic E-state index is 16.2. The van der Waals surface area contributed by atoms with Gasteiger partial charge in [-0.15, -0.1) is 0 Å².